The van der Waals surface area contributed by atoms with E-state index in [-0.39, 0.29) is 25.4 Å². The second kappa shape index (κ2) is 12.6. The topological polar surface area (TPSA) is 106 Å². The zero-order chi connectivity index (χ0) is 23.5. The van der Waals surface area contributed by atoms with Crippen molar-refractivity contribution in [2.45, 2.75) is 17.7 Å². The van der Waals surface area contributed by atoms with Crippen molar-refractivity contribution in [1.29, 1.82) is 5.26 Å². The van der Waals surface area contributed by atoms with E-state index in [1.54, 1.807) is 12.1 Å². The van der Waals surface area contributed by atoms with Crippen molar-refractivity contribution in [1.82, 2.24) is 0 Å². The summed E-state index contributed by atoms with van der Waals surface area (Å²) >= 11 is 7.34. The van der Waals surface area contributed by atoms with Gasteiger partial charge in [-0.2, -0.15) is 5.26 Å². The summed E-state index contributed by atoms with van der Waals surface area (Å²) in [4.78, 5) is 37.4. The summed E-state index contributed by atoms with van der Waals surface area (Å²) in [5.41, 5.74) is 0.633. The van der Waals surface area contributed by atoms with Crippen LogP contribution < -0.4 is 4.90 Å². The van der Waals surface area contributed by atoms with Crippen molar-refractivity contribution in [2.75, 3.05) is 31.3 Å². The van der Waals surface area contributed by atoms with E-state index in [1.807, 2.05) is 17.0 Å². The summed E-state index contributed by atoms with van der Waals surface area (Å²) in [7, 11) is 0. The molecule has 0 saturated carbocycles. The monoisotopic (exact) mass is 476 g/mol. The highest BCUT2D eigenvalue weighted by Crippen LogP contribution is 2.48. The molecule has 168 valence electrons. The van der Waals surface area contributed by atoms with Gasteiger partial charge in [0.05, 0.1) is 12.3 Å². The van der Waals surface area contributed by atoms with Gasteiger partial charge in [0, 0.05) is 28.6 Å². The van der Waals surface area contributed by atoms with Gasteiger partial charge < -0.3 is 19.1 Å². The average Bonchev–Trinajstić information content (AvgIpc) is 3.13. The molecule has 0 fully saturated rings. The highest BCUT2D eigenvalue weighted by Gasteiger charge is 2.31. The van der Waals surface area contributed by atoms with E-state index in [0.717, 1.165) is 22.7 Å². The van der Waals surface area contributed by atoms with Gasteiger partial charge in [0.1, 0.15) is 24.3 Å². The number of rotatable bonds is 11. The number of nitrogens with zero attached hydrogens (tertiary/aromatic N) is 2. The van der Waals surface area contributed by atoms with Gasteiger partial charge in [0.15, 0.2) is 5.57 Å². The summed E-state index contributed by atoms with van der Waals surface area (Å²) in [6.45, 7) is 6.97. The molecule has 32 heavy (non-hydrogen) atoms. The molecule has 0 radical (unpaired) electrons. The number of esters is 3. The smallest absolute Gasteiger partial charge is 0.351 e. The second-order valence-corrected chi connectivity index (χ2v) is 7.71. The van der Waals surface area contributed by atoms with Crippen LogP contribution in [0.1, 0.15) is 12.8 Å². The van der Waals surface area contributed by atoms with Crippen LogP contribution >= 0.6 is 23.4 Å². The number of unbranched alkanes of at least 4 members (excludes halogenated alkanes) is 1. The fraction of sp³-hybridized carbons (Fsp3) is 0.273. The first kappa shape index (κ1) is 25.0. The van der Waals surface area contributed by atoms with Crippen molar-refractivity contribution in [3.63, 3.8) is 0 Å². The van der Waals surface area contributed by atoms with E-state index in [0.29, 0.717) is 29.4 Å². The third-order valence-electron chi connectivity index (χ3n) is 4.11. The highest BCUT2D eigenvalue weighted by molar-refractivity contribution is 8.03. The highest BCUT2D eigenvalue weighted by atomic mass is 35.5. The Kier molecular flexibility index (Phi) is 9.85. The molecular formula is C22H21ClN2O6S. The molecule has 0 spiro atoms. The number of halogens is 1. The van der Waals surface area contributed by atoms with Gasteiger partial charge in [-0.3, -0.25) is 0 Å². The number of benzene rings is 1. The molecule has 1 aliphatic rings. The van der Waals surface area contributed by atoms with E-state index in [2.05, 4.69) is 13.2 Å². The maximum Gasteiger partial charge on any atom is 0.351 e. The van der Waals surface area contributed by atoms with Crippen LogP contribution in [0.25, 0.3) is 0 Å². The lowest BCUT2D eigenvalue weighted by molar-refractivity contribution is -0.146. The first-order valence-electron chi connectivity index (χ1n) is 9.56. The van der Waals surface area contributed by atoms with Crippen LogP contribution in [0.4, 0.5) is 5.69 Å². The average molecular weight is 477 g/mol. The minimum absolute atomic E-state index is 0.152. The first-order chi connectivity index (χ1) is 15.4. The van der Waals surface area contributed by atoms with E-state index in [1.165, 1.54) is 11.8 Å². The van der Waals surface area contributed by atoms with Crippen molar-refractivity contribution < 1.29 is 28.6 Å². The molecule has 0 aliphatic carbocycles. The van der Waals surface area contributed by atoms with Crippen molar-refractivity contribution >= 4 is 47.0 Å². The molecule has 2 rings (SSSR count). The number of fused-ring (bicyclic) bond motifs is 1. The molecule has 1 aromatic carbocycles. The van der Waals surface area contributed by atoms with Crippen LogP contribution in [0, 0.1) is 11.3 Å². The van der Waals surface area contributed by atoms with Gasteiger partial charge in [-0.1, -0.05) is 36.5 Å². The number of hydrogen-bond donors (Lipinski definition) is 0. The van der Waals surface area contributed by atoms with Gasteiger partial charge in [-0.25, -0.2) is 14.4 Å². The van der Waals surface area contributed by atoms with Gasteiger partial charge >= 0.3 is 17.9 Å². The SMILES string of the molecule is C=CC(=O)OCCCCN1/C(=C(\C#N)C(=O)OCCOC(=O)C=C)Sc2cc(Cl)ccc21. The molecule has 0 amide bonds. The predicted molar refractivity (Wildman–Crippen MR) is 120 cm³/mol. The Morgan fingerprint density at radius 1 is 1.06 bits per heavy atom. The first-order valence-corrected chi connectivity index (χ1v) is 10.8. The Morgan fingerprint density at radius 3 is 2.38 bits per heavy atom. The van der Waals surface area contributed by atoms with Crippen LogP contribution in [-0.4, -0.2) is 44.3 Å². The molecule has 0 bridgehead atoms. The zero-order valence-electron chi connectivity index (χ0n) is 17.2. The molecule has 10 heteroatoms. The summed E-state index contributed by atoms with van der Waals surface area (Å²) < 4.78 is 14.8. The minimum Gasteiger partial charge on any atom is -0.463 e. The lowest BCUT2D eigenvalue weighted by atomic mass is 10.2. The number of ether oxygens (including phenoxy) is 3. The summed E-state index contributed by atoms with van der Waals surface area (Å²) in [6, 6.07) is 7.20. The quantitative estimate of drug-likeness (QED) is 0.155. The summed E-state index contributed by atoms with van der Waals surface area (Å²) in [5, 5.41) is 10.6. The normalized spacial score (nSPS) is 13.4. The third kappa shape index (κ3) is 6.90. The Morgan fingerprint density at radius 2 is 1.72 bits per heavy atom. The molecule has 1 aliphatic heterocycles. The van der Waals surface area contributed by atoms with Gasteiger partial charge in [-0.15, -0.1) is 0 Å². The number of hydrogen-bond acceptors (Lipinski definition) is 9. The van der Waals surface area contributed by atoms with Crippen LogP contribution in [-0.2, 0) is 28.6 Å². The maximum atomic E-state index is 12.5. The fourth-order valence-electron chi connectivity index (χ4n) is 2.66. The van der Waals surface area contributed by atoms with Gasteiger partial charge in [0.25, 0.3) is 0 Å². The Hall–Kier alpha value is -3.22. The lowest BCUT2D eigenvalue weighted by Crippen LogP contribution is -2.23. The lowest BCUT2D eigenvalue weighted by Gasteiger charge is -2.21. The van der Waals surface area contributed by atoms with E-state index < -0.39 is 17.9 Å². The molecule has 0 atom stereocenters. The number of carbonyl (C=O) groups excluding carboxylic acids is 3. The van der Waals surface area contributed by atoms with Crippen molar-refractivity contribution in [2.24, 2.45) is 0 Å². The number of thioether (sulfide) groups is 1. The van der Waals surface area contributed by atoms with E-state index in [4.69, 9.17) is 25.8 Å². The Bertz CT molecular complexity index is 985. The van der Waals surface area contributed by atoms with Crippen molar-refractivity contribution in [3.05, 3.63) is 59.1 Å². The molecule has 8 nitrogen and oxygen atoms in total. The van der Waals surface area contributed by atoms with Crippen LogP contribution in [0.2, 0.25) is 5.02 Å². The number of anilines is 1. The van der Waals surface area contributed by atoms with Gasteiger partial charge in [-0.05, 0) is 31.0 Å². The van der Waals surface area contributed by atoms with Crippen molar-refractivity contribution in [3.8, 4) is 6.07 Å². The molecular weight excluding hydrogens is 456 g/mol. The molecule has 0 N–H and O–H groups in total. The summed E-state index contributed by atoms with van der Waals surface area (Å²) in [6.07, 6.45) is 3.30. The molecule has 0 aromatic heterocycles. The molecule has 0 saturated heterocycles. The maximum absolute atomic E-state index is 12.5. The van der Waals surface area contributed by atoms with E-state index >= 15 is 0 Å². The number of carbonyl (C=O) groups is 3. The van der Waals surface area contributed by atoms with Gasteiger partial charge in [0.2, 0.25) is 0 Å². The molecule has 1 heterocycles. The third-order valence-corrected chi connectivity index (χ3v) is 5.51. The van der Waals surface area contributed by atoms with E-state index in [9.17, 15) is 19.6 Å². The second-order valence-electron chi connectivity index (χ2n) is 6.24. The Labute approximate surface area is 195 Å². The molecule has 0 unspecified atom stereocenters. The summed E-state index contributed by atoms with van der Waals surface area (Å²) in [5.74, 6) is -1.95. The largest absolute Gasteiger partial charge is 0.463 e. The minimum atomic E-state index is -0.825. The molecule has 1 aromatic rings. The van der Waals surface area contributed by atoms with Crippen LogP contribution in [0.5, 0.6) is 0 Å². The fourth-order valence-corrected chi connectivity index (χ4v) is 4.11. The van der Waals surface area contributed by atoms with Crippen LogP contribution in [0.15, 0.2) is 59.0 Å². The zero-order valence-corrected chi connectivity index (χ0v) is 18.7. The van der Waals surface area contributed by atoms with Crippen LogP contribution in [0.3, 0.4) is 0 Å². The Balaban J connectivity index is 2.12. The standard InChI is InChI=1S/C22H21ClN2O6S/c1-3-19(26)29-10-6-5-9-25-17-8-7-15(23)13-18(17)32-21(25)16(14-24)22(28)31-12-11-30-20(27)4-2/h3-4,7-8,13H,1-2,5-6,9-12H2/b21-16-. The predicted octanol–water partition coefficient (Wildman–Crippen LogP) is 3.77. The number of nitriles is 1.